The summed E-state index contributed by atoms with van der Waals surface area (Å²) in [7, 11) is 0. The topological polar surface area (TPSA) is 55.0 Å². The third kappa shape index (κ3) is 2.83. The Balaban J connectivity index is 1.89. The van der Waals surface area contributed by atoms with Gasteiger partial charge >= 0.3 is 0 Å². The lowest BCUT2D eigenvalue weighted by Crippen LogP contribution is -2.36. The first kappa shape index (κ1) is 17.5. The monoisotopic (exact) mass is 361 g/mol. The van der Waals surface area contributed by atoms with Crippen LogP contribution in [-0.2, 0) is 11.2 Å². The summed E-state index contributed by atoms with van der Waals surface area (Å²) < 4.78 is 1.63. The van der Waals surface area contributed by atoms with Gasteiger partial charge in [-0.1, -0.05) is 63.2 Å². The van der Waals surface area contributed by atoms with Crippen LogP contribution in [0.3, 0.4) is 0 Å². The summed E-state index contributed by atoms with van der Waals surface area (Å²) in [5.41, 5.74) is 1.62. The van der Waals surface area contributed by atoms with Gasteiger partial charge in [0.2, 0.25) is 0 Å². The van der Waals surface area contributed by atoms with Crippen molar-refractivity contribution >= 4 is 16.7 Å². The Kier molecular flexibility index (Phi) is 4.30. The van der Waals surface area contributed by atoms with E-state index in [2.05, 4.69) is 0 Å². The van der Waals surface area contributed by atoms with Crippen molar-refractivity contribution in [1.29, 1.82) is 0 Å². The van der Waals surface area contributed by atoms with E-state index in [9.17, 15) is 9.59 Å². The summed E-state index contributed by atoms with van der Waals surface area (Å²) in [5.74, 6) is 0.727. The molecule has 1 aromatic heterocycles. The molecule has 2 heterocycles. The number of ketones is 1. The summed E-state index contributed by atoms with van der Waals surface area (Å²) in [6.07, 6.45) is 0.612. The number of Topliss-reactive ketones (excluding diaryl/α,β-unsaturated/α-hetero) is 1. The van der Waals surface area contributed by atoms with Crippen LogP contribution in [0.5, 0.6) is 0 Å². The number of fused-ring (bicyclic) bond motifs is 1. The molecule has 5 heteroatoms. The lowest BCUT2D eigenvalue weighted by molar-refractivity contribution is -0.121. The van der Waals surface area contributed by atoms with Crippen molar-refractivity contribution in [2.24, 2.45) is 5.92 Å². The molecule has 0 bridgehead atoms. The molecule has 3 aromatic rings. The fraction of sp³-hybridized carbons (Fsp3) is 0.318. The predicted octanol–water partition coefficient (Wildman–Crippen LogP) is 3.25. The smallest absolute Gasteiger partial charge is 0.280 e. The fourth-order valence-electron chi connectivity index (χ4n) is 3.72. The molecule has 1 fully saturated rings. The Bertz CT molecular complexity index is 1060. The number of para-hydroxylation sites is 1. The van der Waals surface area contributed by atoms with Gasteiger partial charge in [-0.15, -0.1) is 0 Å². The van der Waals surface area contributed by atoms with E-state index in [0.717, 1.165) is 5.56 Å². The fourth-order valence-corrected chi connectivity index (χ4v) is 3.72. The van der Waals surface area contributed by atoms with Crippen LogP contribution in [0.15, 0.2) is 59.4 Å². The average molecular weight is 361 g/mol. The molecule has 0 aliphatic carbocycles. The highest BCUT2D eigenvalue weighted by molar-refractivity contribution is 5.93. The first-order valence-electron chi connectivity index (χ1n) is 9.42. The quantitative estimate of drug-likeness (QED) is 0.655. The molecule has 0 N–H and O–H groups in total. The lowest BCUT2D eigenvalue weighted by atomic mass is 10.0. The summed E-state index contributed by atoms with van der Waals surface area (Å²) in [6, 6.07) is 16.8. The maximum atomic E-state index is 13.3. The van der Waals surface area contributed by atoms with Crippen molar-refractivity contribution in [2.75, 3.05) is 5.01 Å². The number of hydrogen-bond acceptors (Lipinski definition) is 4. The Morgan fingerprint density at radius 2 is 1.74 bits per heavy atom. The van der Waals surface area contributed by atoms with Gasteiger partial charge in [-0.2, -0.15) is 0 Å². The van der Waals surface area contributed by atoms with Gasteiger partial charge in [-0.3, -0.25) is 14.6 Å². The zero-order valence-corrected chi connectivity index (χ0v) is 15.8. The molecule has 2 unspecified atom stereocenters. The number of aromatic nitrogens is 2. The molecule has 2 atom stereocenters. The molecule has 5 nitrogen and oxygen atoms in total. The highest BCUT2D eigenvalue weighted by Gasteiger charge is 2.55. The number of carbonyl (C=O) groups is 1. The number of benzene rings is 2. The number of rotatable bonds is 5. The highest BCUT2D eigenvalue weighted by Crippen LogP contribution is 2.42. The zero-order valence-electron chi connectivity index (χ0n) is 15.8. The summed E-state index contributed by atoms with van der Waals surface area (Å²) in [4.78, 5) is 30.8. The van der Waals surface area contributed by atoms with Crippen molar-refractivity contribution in [2.45, 2.75) is 39.3 Å². The second-order valence-electron chi connectivity index (χ2n) is 7.25. The largest absolute Gasteiger partial charge is 0.297 e. The molecule has 1 saturated heterocycles. The SMILES string of the molecule is CCc1nc2ccccc2c(=O)n1N1C(C(=O)C(C)C)C1c1ccccc1. The van der Waals surface area contributed by atoms with Crippen molar-refractivity contribution in [3.8, 4) is 0 Å². The van der Waals surface area contributed by atoms with Gasteiger partial charge in [0.25, 0.3) is 5.56 Å². The maximum absolute atomic E-state index is 13.3. The van der Waals surface area contributed by atoms with Crippen LogP contribution in [0, 0.1) is 5.92 Å². The van der Waals surface area contributed by atoms with Crippen molar-refractivity contribution in [3.63, 3.8) is 0 Å². The van der Waals surface area contributed by atoms with Crippen LogP contribution < -0.4 is 10.6 Å². The van der Waals surface area contributed by atoms with Crippen LogP contribution in [0.4, 0.5) is 0 Å². The Labute approximate surface area is 158 Å². The second kappa shape index (κ2) is 6.65. The minimum Gasteiger partial charge on any atom is -0.297 e. The molecule has 4 rings (SSSR count). The first-order valence-corrected chi connectivity index (χ1v) is 9.42. The summed E-state index contributed by atoms with van der Waals surface area (Å²) >= 11 is 0. The van der Waals surface area contributed by atoms with Gasteiger partial charge in [0.1, 0.15) is 17.9 Å². The molecule has 27 heavy (non-hydrogen) atoms. The number of nitrogens with zero attached hydrogens (tertiary/aromatic N) is 3. The Hall–Kier alpha value is -2.95. The van der Waals surface area contributed by atoms with Gasteiger partial charge in [0.15, 0.2) is 5.78 Å². The highest BCUT2D eigenvalue weighted by atomic mass is 16.2. The Morgan fingerprint density at radius 1 is 1.07 bits per heavy atom. The zero-order chi connectivity index (χ0) is 19.1. The van der Waals surface area contributed by atoms with Gasteiger partial charge in [-0.25, -0.2) is 9.66 Å². The van der Waals surface area contributed by atoms with E-state index in [-0.39, 0.29) is 29.3 Å². The summed E-state index contributed by atoms with van der Waals surface area (Å²) in [6.45, 7) is 5.79. The third-order valence-electron chi connectivity index (χ3n) is 5.15. The number of aryl methyl sites for hydroxylation is 1. The van der Waals surface area contributed by atoms with Crippen LogP contribution in [0.1, 0.15) is 38.2 Å². The van der Waals surface area contributed by atoms with Gasteiger partial charge in [0.05, 0.1) is 10.9 Å². The van der Waals surface area contributed by atoms with Crippen LogP contribution >= 0.6 is 0 Å². The third-order valence-corrected chi connectivity index (χ3v) is 5.15. The lowest BCUT2D eigenvalue weighted by Gasteiger charge is -2.16. The van der Waals surface area contributed by atoms with E-state index in [4.69, 9.17) is 4.98 Å². The Morgan fingerprint density at radius 3 is 2.41 bits per heavy atom. The van der Waals surface area contributed by atoms with Gasteiger partial charge < -0.3 is 0 Å². The molecule has 1 aliphatic rings. The molecule has 0 radical (unpaired) electrons. The summed E-state index contributed by atoms with van der Waals surface area (Å²) in [5, 5.41) is 2.47. The van der Waals surface area contributed by atoms with Crippen molar-refractivity contribution < 1.29 is 4.79 Å². The molecule has 1 aliphatic heterocycles. The van der Waals surface area contributed by atoms with Gasteiger partial charge in [0, 0.05) is 12.3 Å². The molecular formula is C22H23N3O2. The van der Waals surface area contributed by atoms with Crippen LogP contribution in [0.25, 0.3) is 10.9 Å². The minimum atomic E-state index is -0.335. The molecule has 0 amide bonds. The van der Waals surface area contributed by atoms with Crippen LogP contribution in [-0.4, -0.2) is 21.5 Å². The van der Waals surface area contributed by atoms with E-state index in [1.165, 1.54) is 0 Å². The van der Waals surface area contributed by atoms with Crippen LogP contribution in [0.2, 0.25) is 0 Å². The molecule has 0 spiro atoms. The molecule has 138 valence electrons. The molecule has 2 aromatic carbocycles. The van der Waals surface area contributed by atoms with E-state index >= 15 is 0 Å². The number of hydrogen-bond donors (Lipinski definition) is 0. The first-order chi connectivity index (χ1) is 13.0. The molecule has 0 saturated carbocycles. The van der Waals surface area contributed by atoms with Gasteiger partial charge in [-0.05, 0) is 17.7 Å². The second-order valence-corrected chi connectivity index (χ2v) is 7.25. The van der Waals surface area contributed by atoms with E-state index in [1.807, 2.05) is 74.3 Å². The standard InChI is InChI=1S/C22H23N3O2/c1-4-18-23-17-13-9-8-12-16(17)22(27)24(18)25-19(15-10-6-5-7-11-15)20(25)21(26)14(2)3/h5-14,19-20H,4H2,1-3H3. The molecular weight excluding hydrogens is 338 g/mol. The predicted molar refractivity (Wildman–Crippen MR) is 106 cm³/mol. The maximum Gasteiger partial charge on any atom is 0.280 e. The van der Waals surface area contributed by atoms with Crippen molar-refractivity contribution in [1.82, 2.24) is 9.66 Å². The van der Waals surface area contributed by atoms with E-state index in [0.29, 0.717) is 23.1 Å². The van der Waals surface area contributed by atoms with Crippen molar-refractivity contribution in [3.05, 3.63) is 76.3 Å². The minimum absolute atomic E-state index is 0.0968. The van der Waals surface area contributed by atoms with E-state index < -0.39 is 0 Å². The van der Waals surface area contributed by atoms with E-state index in [1.54, 1.807) is 10.7 Å². The normalized spacial score (nSPS) is 18.9. The average Bonchev–Trinajstić information content (AvgIpc) is 3.42. The number of carbonyl (C=O) groups excluding carboxylic acids is 1.